The lowest BCUT2D eigenvalue weighted by molar-refractivity contribution is 0.231. The molecule has 1 N–H and O–H groups in total. The molecule has 0 fully saturated rings. The molecule has 0 radical (unpaired) electrons. The van der Waals surface area contributed by atoms with Crippen LogP contribution in [-0.2, 0) is 6.42 Å². The minimum atomic E-state index is 0.438. The van der Waals surface area contributed by atoms with Gasteiger partial charge < -0.3 is 5.32 Å². The third kappa shape index (κ3) is 4.81. The molecule has 0 spiro atoms. The minimum Gasteiger partial charge on any atom is -0.316 e. The molecular formula is C17H29N. The van der Waals surface area contributed by atoms with E-state index in [9.17, 15) is 0 Å². The lowest BCUT2D eigenvalue weighted by Crippen LogP contribution is -2.35. The molecule has 18 heavy (non-hydrogen) atoms. The van der Waals surface area contributed by atoms with Crippen molar-refractivity contribution >= 4 is 0 Å². The third-order valence-electron chi connectivity index (χ3n) is 3.98. The van der Waals surface area contributed by atoms with Crippen molar-refractivity contribution in [3.05, 3.63) is 35.9 Å². The molecule has 0 saturated carbocycles. The van der Waals surface area contributed by atoms with Crippen LogP contribution in [0.5, 0.6) is 0 Å². The zero-order chi connectivity index (χ0) is 13.3. The van der Waals surface area contributed by atoms with Crippen molar-refractivity contribution in [2.24, 2.45) is 5.41 Å². The second-order valence-electron chi connectivity index (χ2n) is 5.40. The molecule has 1 rings (SSSR count). The van der Waals surface area contributed by atoms with E-state index in [0.717, 1.165) is 13.1 Å². The average molecular weight is 247 g/mol. The summed E-state index contributed by atoms with van der Waals surface area (Å²) < 4.78 is 0. The Kier molecular flexibility index (Phi) is 7.04. The van der Waals surface area contributed by atoms with E-state index < -0.39 is 0 Å². The zero-order valence-corrected chi connectivity index (χ0v) is 12.3. The molecule has 1 heteroatoms. The first kappa shape index (κ1) is 15.2. The van der Waals surface area contributed by atoms with Gasteiger partial charge in [-0.25, -0.2) is 0 Å². The van der Waals surface area contributed by atoms with Gasteiger partial charge in [0.15, 0.2) is 0 Å². The Morgan fingerprint density at radius 3 is 2.33 bits per heavy atom. The normalized spacial score (nSPS) is 14.4. The van der Waals surface area contributed by atoms with Gasteiger partial charge in [0.1, 0.15) is 0 Å². The van der Waals surface area contributed by atoms with Gasteiger partial charge >= 0.3 is 0 Å². The summed E-state index contributed by atoms with van der Waals surface area (Å²) in [7, 11) is 0. The first-order valence-electron chi connectivity index (χ1n) is 7.51. The highest BCUT2D eigenvalue weighted by Crippen LogP contribution is 2.32. The molecule has 0 aromatic heterocycles. The molecule has 0 bridgehead atoms. The van der Waals surface area contributed by atoms with E-state index in [1.807, 2.05) is 0 Å². The molecule has 0 heterocycles. The van der Waals surface area contributed by atoms with Crippen molar-refractivity contribution in [2.75, 3.05) is 13.1 Å². The maximum Gasteiger partial charge on any atom is 0.00108 e. The smallest absolute Gasteiger partial charge is 0.00108 e. The predicted molar refractivity (Wildman–Crippen MR) is 80.9 cm³/mol. The van der Waals surface area contributed by atoms with Gasteiger partial charge in [0.05, 0.1) is 0 Å². The summed E-state index contributed by atoms with van der Waals surface area (Å²) >= 11 is 0. The summed E-state index contributed by atoms with van der Waals surface area (Å²) in [6, 6.07) is 10.9. The van der Waals surface area contributed by atoms with Gasteiger partial charge in [-0.15, -0.1) is 0 Å². The summed E-state index contributed by atoms with van der Waals surface area (Å²) in [4.78, 5) is 0. The Hall–Kier alpha value is -0.820. The molecule has 102 valence electrons. The number of hydrogen-bond acceptors (Lipinski definition) is 1. The summed E-state index contributed by atoms with van der Waals surface area (Å²) in [6.45, 7) is 9.05. The van der Waals surface area contributed by atoms with Crippen LogP contribution in [0.25, 0.3) is 0 Å². The molecule has 0 aliphatic rings. The van der Waals surface area contributed by atoms with Crippen molar-refractivity contribution in [3.8, 4) is 0 Å². The summed E-state index contributed by atoms with van der Waals surface area (Å²) in [6.07, 6.45) is 6.43. The number of benzene rings is 1. The van der Waals surface area contributed by atoms with E-state index in [-0.39, 0.29) is 0 Å². The van der Waals surface area contributed by atoms with Crippen LogP contribution in [0.2, 0.25) is 0 Å². The van der Waals surface area contributed by atoms with Crippen LogP contribution in [0.3, 0.4) is 0 Å². The Balaban J connectivity index is 2.73. The molecule has 1 aromatic carbocycles. The first-order chi connectivity index (χ1) is 8.76. The number of unbranched alkanes of at least 4 members (excludes halogenated alkanes) is 1. The van der Waals surface area contributed by atoms with Gasteiger partial charge in [-0.3, -0.25) is 0 Å². The summed E-state index contributed by atoms with van der Waals surface area (Å²) in [5.74, 6) is 0. The predicted octanol–water partition coefficient (Wildman–Crippen LogP) is 4.43. The van der Waals surface area contributed by atoms with E-state index >= 15 is 0 Å². The van der Waals surface area contributed by atoms with Crippen molar-refractivity contribution in [1.82, 2.24) is 5.32 Å². The van der Waals surface area contributed by atoms with Crippen LogP contribution in [0.4, 0.5) is 0 Å². The standard InChI is InChI=1S/C17H29N/c1-4-7-13-17(5-2,15-18-6-3)14-16-11-9-8-10-12-16/h8-12,18H,4-7,13-15H2,1-3H3. The summed E-state index contributed by atoms with van der Waals surface area (Å²) in [5, 5.41) is 3.57. The SMILES string of the molecule is CCCCC(CC)(CNCC)Cc1ccccc1. The van der Waals surface area contributed by atoms with Gasteiger partial charge in [-0.2, -0.15) is 0 Å². The quantitative estimate of drug-likeness (QED) is 0.681. The van der Waals surface area contributed by atoms with Crippen LogP contribution in [0.1, 0.15) is 52.0 Å². The molecule has 1 nitrogen and oxygen atoms in total. The maximum atomic E-state index is 3.57. The van der Waals surface area contributed by atoms with Gasteiger partial charge in [0.25, 0.3) is 0 Å². The Morgan fingerprint density at radius 1 is 1.06 bits per heavy atom. The second kappa shape index (κ2) is 8.31. The third-order valence-corrected chi connectivity index (χ3v) is 3.98. The first-order valence-corrected chi connectivity index (χ1v) is 7.51. The second-order valence-corrected chi connectivity index (χ2v) is 5.40. The molecule has 0 saturated heterocycles. The van der Waals surface area contributed by atoms with Crippen LogP contribution < -0.4 is 5.32 Å². The zero-order valence-electron chi connectivity index (χ0n) is 12.3. The molecule has 0 aliphatic carbocycles. The van der Waals surface area contributed by atoms with Gasteiger partial charge in [0.2, 0.25) is 0 Å². The fraction of sp³-hybridized carbons (Fsp3) is 0.647. The Morgan fingerprint density at radius 2 is 1.78 bits per heavy atom. The lowest BCUT2D eigenvalue weighted by Gasteiger charge is -2.33. The van der Waals surface area contributed by atoms with Crippen molar-refractivity contribution in [3.63, 3.8) is 0 Å². The van der Waals surface area contributed by atoms with Crippen molar-refractivity contribution < 1.29 is 0 Å². The molecule has 1 aromatic rings. The molecular weight excluding hydrogens is 218 g/mol. The Bertz CT molecular complexity index is 297. The average Bonchev–Trinajstić information content (AvgIpc) is 2.43. The van der Waals surface area contributed by atoms with E-state index in [1.165, 1.54) is 37.7 Å². The van der Waals surface area contributed by atoms with Crippen molar-refractivity contribution in [2.45, 2.75) is 52.9 Å². The van der Waals surface area contributed by atoms with Crippen LogP contribution >= 0.6 is 0 Å². The van der Waals surface area contributed by atoms with Gasteiger partial charge in [-0.05, 0) is 36.8 Å². The minimum absolute atomic E-state index is 0.438. The largest absolute Gasteiger partial charge is 0.316 e. The molecule has 0 amide bonds. The lowest BCUT2D eigenvalue weighted by atomic mass is 9.75. The van der Waals surface area contributed by atoms with E-state index in [1.54, 1.807) is 0 Å². The van der Waals surface area contributed by atoms with E-state index in [2.05, 4.69) is 56.4 Å². The highest BCUT2D eigenvalue weighted by molar-refractivity contribution is 5.16. The van der Waals surface area contributed by atoms with E-state index in [4.69, 9.17) is 0 Å². The van der Waals surface area contributed by atoms with Crippen LogP contribution in [-0.4, -0.2) is 13.1 Å². The highest BCUT2D eigenvalue weighted by atomic mass is 14.9. The van der Waals surface area contributed by atoms with Crippen molar-refractivity contribution in [1.29, 1.82) is 0 Å². The monoisotopic (exact) mass is 247 g/mol. The number of nitrogens with one attached hydrogen (secondary N) is 1. The maximum absolute atomic E-state index is 3.57. The molecule has 1 atom stereocenters. The van der Waals surface area contributed by atoms with Crippen LogP contribution in [0.15, 0.2) is 30.3 Å². The number of hydrogen-bond donors (Lipinski definition) is 1. The topological polar surface area (TPSA) is 12.0 Å². The molecule has 0 aliphatic heterocycles. The van der Waals surface area contributed by atoms with Crippen LogP contribution in [0, 0.1) is 5.41 Å². The fourth-order valence-electron chi connectivity index (χ4n) is 2.64. The Labute approximate surface area is 113 Å². The van der Waals surface area contributed by atoms with Gasteiger partial charge in [0, 0.05) is 6.54 Å². The fourth-order valence-corrected chi connectivity index (χ4v) is 2.64. The highest BCUT2D eigenvalue weighted by Gasteiger charge is 2.27. The van der Waals surface area contributed by atoms with E-state index in [0.29, 0.717) is 5.41 Å². The van der Waals surface area contributed by atoms with Gasteiger partial charge in [-0.1, -0.05) is 63.9 Å². The summed E-state index contributed by atoms with van der Waals surface area (Å²) in [5.41, 5.74) is 1.92. The number of rotatable bonds is 9. The molecule has 1 unspecified atom stereocenters.